The fourth-order valence-electron chi connectivity index (χ4n) is 8.81. The minimum atomic E-state index is -0.161. The van der Waals surface area contributed by atoms with Crippen LogP contribution in [0.2, 0.25) is 0 Å². The van der Waals surface area contributed by atoms with Gasteiger partial charge in [-0.15, -0.1) is 0 Å². The van der Waals surface area contributed by atoms with Gasteiger partial charge in [0.05, 0.1) is 27.8 Å². The molecule has 0 saturated heterocycles. The Morgan fingerprint density at radius 1 is 0.415 bits per heavy atom. The van der Waals surface area contributed by atoms with Crippen LogP contribution in [0.25, 0.3) is 89.2 Å². The van der Waals surface area contributed by atoms with Crippen molar-refractivity contribution in [1.82, 2.24) is 24.1 Å². The highest BCUT2D eigenvalue weighted by Gasteiger charge is 2.38. The second-order valence-electron chi connectivity index (χ2n) is 14.5. The molecule has 0 amide bonds. The molecule has 0 fully saturated rings. The smallest absolute Gasteiger partial charge is 0.238 e. The fourth-order valence-corrected chi connectivity index (χ4v) is 8.81. The minimum Gasteiger partial charge on any atom is -0.309 e. The molecule has 10 aromatic rings. The molecule has 250 valence electrons. The Balaban J connectivity index is 1.23. The summed E-state index contributed by atoms with van der Waals surface area (Å²) in [6, 6.07) is 58.1. The first kappa shape index (κ1) is 29.8. The van der Waals surface area contributed by atoms with E-state index in [4.69, 9.17) is 15.0 Å². The van der Waals surface area contributed by atoms with Crippen molar-refractivity contribution in [3.63, 3.8) is 0 Å². The van der Waals surface area contributed by atoms with Crippen LogP contribution in [0.15, 0.2) is 164 Å². The highest BCUT2D eigenvalue weighted by Crippen LogP contribution is 2.52. The molecule has 3 heterocycles. The zero-order valence-electron chi connectivity index (χ0n) is 29.3. The summed E-state index contributed by atoms with van der Waals surface area (Å²) in [5, 5.41) is 4.69. The Morgan fingerprint density at radius 2 is 0.925 bits per heavy atom. The molecule has 3 aromatic heterocycles. The highest BCUT2D eigenvalue weighted by molar-refractivity contribution is 6.19. The molecule has 5 heteroatoms. The minimum absolute atomic E-state index is 0.161. The second-order valence-corrected chi connectivity index (χ2v) is 14.5. The van der Waals surface area contributed by atoms with Gasteiger partial charge in [-0.1, -0.05) is 147 Å². The van der Waals surface area contributed by atoms with Crippen molar-refractivity contribution in [2.45, 2.75) is 19.3 Å². The molecule has 5 nitrogen and oxygen atoms in total. The van der Waals surface area contributed by atoms with E-state index in [1.807, 2.05) is 36.4 Å². The van der Waals surface area contributed by atoms with E-state index in [9.17, 15) is 0 Å². The van der Waals surface area contributed by atoms with Gasteiger partial charge in [0.2, 0.25) is 5.95 Å². The molecule has 0 bridgehead atoms. The molecule has 0 aliphatic heterocycles. The van der Waals surface area contributed by atoms with Gasteiger partial charge in [0, 0.05) is 38.1 Å². The maximum absolute atomic E-state index is 5.18. The number of para-hydroxylation sites is 2. The highest BCUT2D eigenvalue weighted by atomic mass is 15.2. The third-order valence-electron chi connectivity index (χ3n) is 11.2. The molecule has 1 aliphatic carbocycles. The third kappa shape index (κ3) is 4.28. The number of rotatable bonds is 4. The van der Waals surface area contributed by atoms with Gasteiger partial charge in [-0.05, 0) is 52.6 Å². The van der Waals surface area contributed by atoms with E-state index in [-0.39, 0.29) is 5.41 Å². The Bertz CT molecular complexity index is 3020. The van der Waals surface area contributed by atoms with Gasteiger partial charge in [-0.25, -0.2) is 4.98 Å². The van der Waals surface area contributed by atoms with Gasteiger partial charge >= 0.3 is 0 Å². The van der Waals surface area contributed by atoms with E-state index < -0.39 is 0 Å². The second kappa shape index (κ2) is 11.1. The standard InChI is InChI=1S/C48H33N5/c1-48(2)38-24-12-9-20-32(38)35-23-15-27-41(44(35)48)52-39-25-13-10-21-33(39)36-29-43-37(28-42(36)52)34-22-11-14-26-40(34)53(43)47-50-45(30-16-5-3-6-17-30)49-46(51-47)31-18-7-4-8-19-31/h3-29H,1-2H3. The molecule has 0 radical (unpaired) electrons. The zero-order valence-corrected chi connectivity index (χ0v) is 29.3. The number of hydrogen-bond acceptors (Lipinski definition) is 3. The monoisotopic (exact) mass is 679 g/mol. The van der Waals surface area contributed by atoms with Crippen LogP contribution in [0, 0.1) is 0 Å². The Kier molecular flexibility index (Phi) is 6.23. The molecular formula is C48H33N5. The van der Waals surface area contributed by atoms with Crippen LogP contribution in [-0.2, 0) is 5.41 Å². The van der Waals surface area contributed by atoms with Crippen molar-refractivity contribution >= 4 is 43.6 Å². The van der Waals surface area contributed by atoms with E-state index >= 15 is 0 Å². The largest absolute Gasteiger partial charge is 0.309 e. The Hall–Kier alpha value is -6.85. The maximum atomic E-state index is 5.18. The van der Waals surface area contributed by atoms with Crippen molar-refractivity contribution < 1.29 is 0 Å². The lowest BCUT2D eigenvalue weighted by Gasteiger charge is -2.25. The first-order valence-electron chi connectivity index (χ1n) is 18.1. The van der Waals surface area contributed by atoms with E-state index in [1.165, 1.54) is 49.7 Å². The lowest BCUT2D eigenvalue weighted by atomic mass is 9.81. The van der Waals surface area contributed by atoms with Crippen molar-refractivity contribution in [2.75, 3.05) is 0 Å². The molecule has 53 heavy (non-hydrogen) atoms. The number of aromatic nitrogens is 5. The van der Waals surface area contributed by atoms with Crippen LogP contribution in [0.1, 0.15) is 25.0 Å². The number of hydrogen-bond donors (Lipinski definition) is 0. The summed E-state index contributed by atoms with van der Waals surface area (Å²) in [6.45, 7) is 4.73. The van der Waals surface area contributed by atoms with Crippen molar-refractivity contribution in [2.24, 2.45) is 0 Å². The lowest BCUT2D eigenvalue weighted by molar-refractivity contribution is 0.656. The fraction of sp³-hybridized carbons (Fsp3) is 0.0625. The average molecular weight is 680 g/mol. The van der Waals surface area contributed by atoms with Crippen LogP contribution in [0.4, 0.5) is 0 Å². The van der Waals surface area contributed by atoms with Gasteiger partial charge in [-0.2, -0.15) is 9.97 Å². The predicted octanol–water partition coefficient (Wildman–Crippen LogP) is 11.7. The van der Waals surface area contributed by atoms with E-state index in [1.54, 1.807) is 0 Å². The third-order valence-corrected chi connectivity index (χ3v) is 11.2. The van der Waals surface area contributed by atoms with Gasteiger partial charge in [-0.3, -0.25) is 4.57 Å². The molecule has 1 aliphatic rings. The first-order chi connectivity index (χ1) is 26.1. The molecule has 0 saturated carbocycles. The van der Waals surface area contributed by atoms with E-state index in [0.29, 0.717) is 17.6 Å². The van der Waals surface area contributed by atoms with Crippen molar-refractivity contribution in [3.8, 4) is 45.5 Å². The van der Waals surface area contributed by atoms with E-state index in [0.717, 1.165) is 32.9 Å². The van der Waals surface area contributed by atoms with Crippen LogP contribution in [0.5, 0.6) is 0 Å². The molecular weight excluding hydrogens is 647 g/mol. The SMILES string of the molecule is CC1(C)c2ccccc2-c2cccc(-n3c4ccccc4c4cc5c(cc43)c3ccccc3n5-c3nc(-c4ccccc4)nc(-c4ccccc4)n3)c21. The molecule has 0 spiro atoms. The number of fused-ring (bicyclic) bond motifs is 9. The van der Waals surface area contributed by atoms with Crippen LogP contribution in [-0.4, -0.2) is 24.1 Å². The topological polar surface area (TPSA) is 48.5 Å². The summed E-state index contributed by atoms with van der Waals surface area (Å²) < 4.78 is 4.71. The quantitative estimate of drug-likeness (QED) is 0.186. The lowest BCUT2D eigenvalue weighted by Crippen LogP contribution is -2.18. The van der Waals surface area contributed by atoms with Crippen molar-refractivity contribution in [1.29, 1.82) is 0 Å². The Labute approximate surface area is 306 Å². The zero-order chi connectivity index (χ0) is 35.3. The summed E-state index contributed by atoms with van der Waals surface area (Å²) in [5.74, 6) is 1.87. The van der Waals surface area contributed by atoms with Gasteiger partial charge in [0.1, 0.15) is 0 Å². The molecule has 0 N–H and O–H groups in total. The van der Waals surface area contributed by atoms with Crippen LogP contribution >= 0.6 is 0 Å². The summed E-state index contributed by atoms with van der Waals surface area (Å²) >= 11 is 0. The summed E-state index contributed by atoms with van der Waals surface area (Å²) in [5.41, 5.74) is 12.8. The van der Waals surface area contributed by atoms with Crippen LogP contribution in [0.3, 0.4) is 0 Å². The summed E-state index contributed by atoms with van der Waals surface area (Å²) in [4.78, 5) is 15.3. The first-order valence-corrected chi connectivity index (χ1v) is 18.1. The Morgan fingerprint density at radius 3 is 1.57 bits per heavy atom. The average Bonchev–Trinajstić information content (AvgIpc) is 3.80. The number of benzene rings is 7. The van der Waals surface area contributed by atoms with Gasteiger partial charge < -0.3 is 4.57 Å². The normalized spacial score (nSPS) is 13.2. The molecule has 0 unspecified atom stereocenters. The molecule has 0 atom stereocenters. The maximum Gasteiger partial charge on any atom is 0.238 e. The summed E-state index contributed by atoms with van der Waals surface area (Å²) in [7, 11) is 0. The molecule has 7 aromatic carbocycles. The van der Waals surface area contributed by atoms with Gasteiger partial charge in [0.25, 0.3) is 0 Å². The number of nitrogens with zero attached hydrogens (tertiary/aromatic N) is 5. The van der Waals surface area contributed by atoms with Gasteiger partial charge in [0.15, 0.2) is 11.6 Å². The molecule has 11 rings (SSSR count). The predicted molar refractivity (Wildman–Crippen MR) is 217 cm³/mol. The summed E-state index contributed by atoms with van der Waals surface area (Å²) in [6.07, 6.45) is 0. The van der Waals surface area contributed by atoms with Crippen LogP contribution < -0.4 is 0 Å². The van der Waals surface area contributed by atoms with Crippen molar-refractivity contribution in [3.05, 3.63) is 175 Å². The van der Waals surface area contributed by atoms with E-state index in [2.05, 4.69) is 150 Å².